The fourth-order valence-corrected chi connectivity index (χ4v) is 3.78. The van der Waals surface area contributed by atoms with Crippen LogP contribution in [0, 0.1) is 0 Å². The van der Waals surface area contributed by atoms with Gasteiger partial charge in [0.25, 0.3) is 0 Å². The highest BCUT2D eigenvalue weighted by Crippen LogP contribution is 2.39. The SMILES string of the molecule is COc1cc(C=CC=CC(=O)N(C)CCN(C)C(=O)C=CC=Cc2cc(OC)c(OC)c(OC)c2)cc(OC)c1OC. The Bertz CT molecular complexity index is 1180. The van der Waals surface area contributed by atoms with Gasteiger partial charge in [-0.2, -0.15) is 0 Å². The molecule has 0 N–H and O–H groups in total. The van der Waals surface area contributed by atoms with Crippen LogP contribution >= 0.6 is 0 Å². The maximum Gasteiger partial charge on any atom is 0.246 e. The van der Waals surface area contributed by atoms with Crippen LogP contribution in [0.2, 0.25) is 0 Å². The van der Waals surface area contributed by atoms with Crippen molar-refractivity contribution < 1.29 is 38.0 Å². The Morgan fingerprint density at radius 3 is 1.12 bits per heavy atom. The quantitative estimate of drug-likeness (QED) is 0.225. The Kier molecular flexibility index (Phi) is 13.5. The molecular formula is C32H40N2O8. The lowest BCUT2D eigenvalue weighted by atomic mass is 10.1. The van der Waals surface area contributed by atoms with Gasteiger partial charge >= 0.3 is 0 Å². The Morgan fingerprint density at radius 2 is 0.857 bits per heavy atom. The number of carbonyl (C=O) groups is 2. The van der Waals surface area contributed by atoms with Crippen LogP contribution in [-0.4, -0.2) is 91.5 Å². The lowest BCUT2D eigenvalue weighted by Crippen LogP contribution is -2.36. The molecule has 0 bridgehead atoms. The number of likely N-dealkylation sites (N-methyl/N-ethyl adjacent to an activating group) is 2. The van der Waals surface area contributed by atoms with Gasteiger partial charge in [-0.05, 0) is 35.4 Å². The molecule has 0 fully saturated rings. The van der Waals surface area contributed by atoms with E-state index in [0.29, 0.717) is 47.6 Å². The van der Waals surface area contributed by atoms with Crippen molar-refractivity contribution in [2.75, 3.05) is 69.8 Å². The number of carbonyl (C=O) groups excluding carboxylic acids is 2. The summed E-state index contributed by atoms with van der Waals surface area (Å²) in [6, 6.07) is 7.24. The number of ether oxygens (including phenoxy) is 6. The zero-order chi connectivity index (χ0) is 31.1. The van der Waals surface area contributed by atoms with Crippen molar-refractivity contribution in [3.8, 4) is 34.5 Å². The van der Waals surface area contributed by atoms with Crippen molar-refractivity contribution in [3.05, 3.63) is 71.8 Å². The Hall–Kier alpha value is -4.86. The first-order valence-electron chi connectivity index (χ1n) is 13.0. The van der Waals surface area contributed by atoms with Crippen LogP contribution < -0.4 is 28.4 Å². The second kappa shape index (κ2) is 17.1. The topological polar surface area (TPSA) is 96.0 Å². The van der Waals surface area contributed by atoms with Crippen LogP contribution in [0.5, 0.6) is 34.5 Å². The molecule has 226 valence electrons. The lowest BCUT2D eigenvalue weighted by molar-refractivity contribution is -0.128. The van der Waals surface area contributed by atoms with Crippen LogP contribution in [0.25, 0.3) is 12.2 Å². The number of benzene rings is 2. The third kappa shape index (κ3) is 9.36. The Morgan fingerprint density at radius 1 is 0.548 bits per heavy atom. The van der Waals surface area contributed by atoms with E-state index in [1.165, 1.54) is 12.2 Å². The molecule has 2 aromatic rings. The molecule has 0 unspecified atom stereocenters. The highest BCUT2D eigenvalue weighted by molar-refractivity contribution is 5.89. The molecule has 0 aliphatic heterocycles. The predicted molar refractivity (Wildman–Crippen MR) is 164 cm³/mol. The molecule has 0 atom stereocenters. The molecule has 0 heterocycles. The first-order valence-corrected chi connectivity index (χ1v) is 13.0. The third-order valence-corrected chi connectivity index (χ3v) is 6.17. The number of hydrogen-bond acceptors (Lipinski definition) is 8. The molecule has 0 radical (unpaired) electrons. The second-order valence-electron chi connectivity index (χ2n) is 8.87. The van der Waals surface area contributed by atoms with Crippen LogP contribution in [0.4, 0.5) is 0 Å². The minimum absolute atomic E-state index is 0.186. The Balaban J connectivity index is 1.89. The Labute approximate surface area is 248 Å². The summed E-state index contributed by atoms with van der Waals surface area (Å²) in [6.45, 7) is 0.744. The van der Waals surface area contributed by atoms with Crippen LogP contribution in [0.3, 0.4) is 0 Å². The zero-order valence-corrected chi connectivity index (χ0v) is 25.5. The summed E-state index contributed by atoms with van der Waals surface area (Å²) < 4.78 is 32.1. The van der Waals surface area contributed by atoms with Gasteiger partial charge in [0, 0.05) is 39.3 Å². The highest BCUT2D eigenvalue weighted by atomic mass is 16.5. The highest BCUT2D eigenvalue weighted by Gasteiger charge is 2.13. The van der Waals surface area contributed by atoms with Crippen LogP contribution in [0.15, 0.2) is 60.7 Å². The average Bonchev–Trinajstić information content (AvgIpc) is 3.01. The van der Waals surface area contributed by atoms with E-state index >= 15 is 0 Å². The van der Waals surface area contributed by atoms with Gasteiger partial charge in [-0.3, -0.25) is 9.59 Å². The van der Waals surface area contributed by atoms with Gasteiger partial charge in [-0.25, -0.2) is 0 Å². The van der Waals surface area contributed by atoms with Crippen molar-refractivity contribution in [2.45, 2.75) is 0 Å². The van der Waals surface area contributed by atoms with Gasteiger partial charge in [0.2, 0.25) is 23.3 Å². The minimum Gasteiger partial charge on any atom is -0.493 e. The normalized spacial score (nSPS) is 11.3. The van der Waals surface area contributed by atoms with Gasteiger partial charge < -0.3 is 38.2 Å². The van der Waals surface area contributed by atoms with Gasteiger partial charge in [-0.15, -0.1) is 0 Å². The molecule has 0 saturated heterocycles. The first-order chi connectivity index (χ1) is 20.2. The average molecular weight is 581 g/mol. The molecule has 2 aromatic carbocycles. The molecule has 42 heavy (non-hydrogen) atoms. The molecule has 0 saturated carbocycles. The van der Waals surface area contributed by atoms with Gasteiger partial charge in [0.05, 0.1) is 42.7 Å². The molecule has 0 aliphatic rings. The summed E-state index contributed by atoms with van der Waals surface area (Å²) in [5, 5.41) is 0. The van der Waals surface area contributed by atoms with Crippen molar-refractivity contribution in [2.24, 2.45) is 0 Å². The number of nitrogens with zero attached hydrogens (tertiary/aromatic N) is 2. The van der Waals surface area contributed by atoms with Crippen LogP contribution in [-0.2, 0) is 9.59 Å². The monoisotopic (exact) mass is 580 g/mol. The predicted octanol–water partition coefficient (Wildman–Crippen LogP) is 4.49. The number of hydrogen-bond donors (Lipinski definition) is 0. The van der Waals surface area contributed by atoms with E-state index in [1.54, 1.807) is 90.9 Å². The summed E-state index contributed by atoms with van der Waals surface area (Å²) in [5.41, 5.74) is 1.64. The third-order valence-electron chi connectivity index (χ3n) is 6.17. The van der Waals surface area contributed by atoms with Crippen molar-refractivity contribution in [1.82, 2.24) is 9.80 Å². The van der Waals surface area contributed by atoms with Gasteiger partial charge in [0.15, 0.2) is 23.0 Å². The van der Waals surface area contributed by atoms with E-state index in [9.17, 15) is 9.59 Å². The number of rotatable bonds is 15. The molecule has 10 heteroatoms. The standard InChI is InChI=1S/C32H40N2O8/c1-33(29(35)15-11-9-13-23-19-25(37-3)31(41-7)26(20-23)38-4)17-18-34(2)30(36)16-12-10-14-24-21-27(39-5)32(42-8)28(22-24)40-6/h9-16,19-22H,17-18H2,1-8H3. The fourth-order valence-electron chi connectivity index (χ4n) is 3.78. The maximum atomic E-state index is 12.5. The molecule has 0 aliphatic carbocycles. The largest absolute Gasteiger partial charge is 0.493 e. The van der Waals surface area contributed by atoms with Crippen LogP contribution in [0.1, 0.15) is 11.1 Å². The summed E-state index contributed by atoms with van der Waals surface area (Å²) in [6.07, 6.45) is 13.4. The number of methoxy groups -OCH3 is 6. The van der Waals surface area contributed by atoms with Gasteiger partial charge in [-0.1, -0.05) is 36.5 Å². The van der Waals surface area contributed by atoms with Crippen molar-refractivity contribution >= 4 is 24.0 Å². The summed E-state index contributed by atoms with van der Waals surface area (Å²) in [7, 11) is 12.7. The molecule has 10 nitrogen and oxygen atoms in total. The van der Waals surface area contributed by atoms with E-state index in [1.807, 2.05) is 36.4 Å². The fraction of sp³-hybridized carbons (Fsp3) is 0.312. The van der Waals surface area contributed by atoms with Crippen molar-refractivity contribution in [1.29, 1.82) is 0 Å². The second-order valence-corrected chi connectivity index (χ2v) is 8.87. The minimum atomic E-state index is -0.186. The summed E-state index contributed by atoms with van der Waals surface area (Å²) in [4.78, 5) is 28.1. The van der Waals surface area contributed by atoms with E-state index in [-0.39, 0.29) is 11.8 Å². The number of amides is 2. The zero-order valence-electron chi connectivity index (χ0n) is 25.5. The van der Waals surface area contributed by atoms with E-state index in [0.717, 1.165) is 11.1 Å². The smallest absolute Gasteiger partial charge is 0.246 e. The molecule has 2 amide bonds. The molecule has 0 spiro atoms. The summed E-state index contributed by atoms with van der Waals surface area (Å²) >= 11 is 0. The summed E-state index contributed by atoms with van der Waals surface area (Å²) in [5.74, 6) is 2.81. The number of allylic oxidation sites excluding steroid dienone is 4. The van der Waals surface area contributed by atoms with Gasteiger partial charge in [0.1, 0.15) is 0 Å². The van der Waals surface area contributed by atoms with Crippen molar-refractivity contribution in [3.63, 3.8) is 0 Å². The van der Waals surface area contributed by atoms with E-state index in [4.69, 9.17) is 28.4 Å². The van der Waals surface area contributed by atoms with E-state index in [2.05, 4.69) is 0 Å². The lowest BCUT2D eigenvalue weighted by Gasteiger charge is -2.20. The maximum absolute atomic E-state index is 12.5. The van der Waals surface area contributed by atoms with E-state index < -0.39 is 0 Å². The first kappa shape index (κ1) is 33.3. The molecule has 0 aromatic heterocycles. The molecule has 2 rings (SSSR count). The molecular weight excluding hydrogens is 540 g/mol.